The van der Waals surface area contributed by atoms with Gasteiger partial charge in [0.1, 0.15) is 5.82 Å². The summed E-state index contributed by atoms with van der Waals surface area (Å²) in [5.41, 5.74) is 0.396. The van der Waals surface area contributed by atoms with Crippen LogP contribution in [-0.2, 0) is 16.1 Å². The molecule has 2 aliphatic rings. The predicted molar refractivity (Wildman–Crippen MR) is 94.9 cm³/mol. The Kier molecular flexibility index (Phi) is 5.76. The lowest BCUT2D eigenvalue weighted by atomic mass is 9.78. The van der Waals surface area contributed by atoms with Crippen molar-refractivity contribution in [3.63, 3.8) is 0 Å². The first-order chi connectivity index (χ1) is 12.5. The average molecular weight is 363 g/mol. The molecule has 2 saturated heterocycles. The normalized spacial score (nSPS) is 22.9. The third-order valence-corrected chi connectivity index (χ3v) is 5.39. The molecule has 2 fully saturated rings. The SMILES string of the molecule is COCCN1CCC[C@]2(CCN(C(=O)NCc3ccc(F)cc3)C2)C1=O. The van der Waals surface area contributed by atoms with Crippen LogP contribution in [0.15, 0.2) is 24.3 Å². The van der Waals surface area contributed by atoms with Crippen LogP contribution in [-0.4, -0.2) is 61.6 Å². The number of carbonyl (C=O) groups is 2. The lowest BCUT2D eigenvalue weighted by Gasteiger charge is -2.39. The van der Waals surface area contributed by atoms with E-state index in [1.807, 2.05) is 4.90 Å². The second kappa shape index (κ2) is 8.03. The molecule has 3 amide bonds. The lowest BCUT2D eigenvalue weighted by Crippen LogP contribution is -2.51. The number of likely N-dealkylation sites (tertiary alicyclic amines) is 2. The molecular weight excluding hydrogens is 337 g/mol. The summed E-state index contributed by atoms with van der Waals surface area (Å²) in [4.78, 5) is 29.0. The summed E-state index contributed by atoms with van der Waals surface area (Å²) in [5, 5.41) is 2.86. The number of rotatable bonds is 5. The van der Waals surface area contributed by atoms with Crippen molar-refractivity contribution in [2.45, 2.75) is 25.8 Å². The fourth-order valence-corrected chi connectivity index (χ4v) is 3.88. The zero-order chi connectivity index (χ0) is 18.6. The number of nitrogens with zero attached hydrogens (tertiary/aromatic N) is 2. The first kappa shape index (κ1) is 18.6. The highest BCUT2D eigenvalue weighted by atomic mass is 19.1. The summed E-state index contributed by atoms with van der Waals surface area (Å²) < 4.78 is 18.0. The number of halogens is 1. The van der Waals surface area contributed by atoms with E-state index in [1.54, 1.807) is 24.1 Å². The van der Waals surface area contributed by atoms with Crippen LogP contribution in [0.4, 0.5) is 9.18 Å². The molecule has 7 heteroatoms. The van der Waals surface area contributed by atoms with Gasteiger partial charge < -0.3 is 19.9 Å². The maximum atomic E-state index is 12.9. The highest BCUT2D eigenvalue weighted by molar-refractivity contribution is 5.85. The molecule has 0 aromatic heterocycles. The first-order valence-electron chi connectivity index (χ1n) is 9.10. The molecule has 0 bridgehead atoms. The largest absolute Gasteiger partial charge is 0.383 e. The summed E-state index contributed by atoms with van der Waals surface area (Å²) in [6.07, 6.45) is 2.50. The van der Waals surface area contributed by atoms with Gasteiger partial charge in [0, 0.05) is 39.8 Å². The molecule has 0 aliphatic carbocycles. The fraction of sp³-hybridized carbons (Fsp3) is 0.579. The molecule has 0 unspecified atom stereocenters. The molecule has 1 N–H and O–H groups in total. The summed E-state index contributed by atoms with van der Waals surface area (Å²) in [7, 11) is 1.63. The Morgan fingerprint density at radius 1 is 1.27 bits per heavy atom. The van der Waals surface area contributed by atoms with E-state index in [1.165, 1.54) is 12.1 Å². The van der Waals surface area contributed by atoms with Crippen LogP contribution in [0.25, 0.3) is 0 Å². The van der Waals surface area contributed by atoms with Crippen LogP contribution in [0.2, 0.25) is 0 Å². The van der Waals surface area contributed by atoms with Gasteiger partial charge in [0.2, 0.25) is 5.91 Å². The number of carbonyl (C=O) groups excluding carboxylic acids is 2. The molecule has 0 saturated carbocycles. The van der Waals surface area contributed by atoms with Crippen molar-refractivity contribution in [2.24, 2.45) is 5.41 Å². The van der Waals surface area contributed by atoms with Gasteiger partial charge in [-0.1, -0.05) is 12.1 Å². The minimum Gasteiger partial charge on any atom is -0.383 e. The van der Waals surface area contributed by atoms with E-state index in [0.29, 0.717) is 39.2 Å². The number of urea groups is 1. The molecule has 2 aliphatic heterocycles. The maximum absolute atomic E-state index is 12.9. The second-order valence-electron chi connectivity index (χ2n) is 7.13. The van der Waals surface area contributed by atoms with E-state index in [9.17, 15) is 14.0 Å². The van der Waals surface area contributed by atoms with Gasteiger partial charge in [-0.25, -0.2) is 9.18 Å². The third-order valence-electron chi connectivity index (χ3n) is 5.39. The van der Waals surface area contributed by atoms with Crippen molar-refractivity contribution >= 4 is 11.9 Å². The number of hydrogen-bond donors (Lipinski definition) is 1. The van der Waals surface area contributed by atoms with Crippen LogP contribution in [0.3, 0.4) is 0 Å². The molecule has 1 aromatic carbocycles. The molecule has 3 rings (SSSR count). The zero-order valence-electron chi connectivity index (χ0n) is 15.2. The van der Waals surface area contributed by atoms with E-state index in [0.717, 1.165) is 24.9 Å². The van der Waals surface area contributed by atoms with E-state index < -0.39 is 5.41 Å². The standard InChI is InChI=1S/C19H26FN3O3/c1-26-12-11-22-9-2-7-19(17(22)24)8-10-23(14-19)18(25)21-13-15-3-5-16(20)6-4-15/h3-6H,2,7-14H2,1H3,(H,21,25)/t19-/m1/s1. The van der Waals surface area contributed by atoms with Crippen molar-refractivity contribution in [3.05, 3.63) is 35.6 Å². The van der Waals surface area contributed by atoms with E-state index >= 15 is 0 Å². The van der Waals surface area contributed by atoms with Gasteiger partial charge in [0.15, 0.2) is 0 Å². The lowest BCUT2D eigenvalue weighted by molar-refractivity contribution is -0.146. The zero-order valence-corrected chi connectivity index (χ0v) is 15.2. The number of hydrogen-bond acceptors (Lipinski definition) is 3. The van der Waals surface area contributed by atoms with Gasteiger partial charge in [-0.3, -0.25) is 4.79 Å². The molecule has 1 spiro atoms. The van der Waals surface area contributed by atoms with Gasteiger partial charge in [0.25, 0.3) is 0 Å². The molecule has 1 atom stereocenters. The first-order valence-corrected chi connectivity index (χ1v) is 9.10. The Morgan fingerprint density at radius 3 is 2.77 bits per heavy atom. The second-order valence-corrected chi connectivity index (χ2v) is 7.13. The van der Waals surface area contributed by atoms with Gasteiger partial charge in [-0.15, -0.1) is 0 Å². The average Bonchev–Trinajstić information content (AvgIpc) is 3.07. The fourth-order valence-electron chi connectivity index (χ4n) is 3.88. The Balaban J connectivity index is 1.55. The highest BCUT2D eigenvalue weighted by Gasteiger charge is 2.49. The number of benzene rings is 1. The van der Waals surface area contributed by atoms with Crippen LogP contribution < -0.4 is 5.32 Å². The molecule has 0 radical (unpaired) electrons. The number of nitrogens with one attached hydrogen (secondary N) is 1. The predicted octanol–water partition coefficient (Wildman–Crippen LogP) is 2.00. The van der Waals surface area contributed by atoms with Crippen molar-refractivity contribution in [1.82, 2.24) is 15.1 Å². The summed E-state index contributed by atoms with van der Waals surface area (Å²) in [5.74, 6) is -0.148. The summed E-state index contributed by atoms with van der Waals surface area (Å²) >= 11 is 0. The topological polar surface area (TPSA) is 61.9 Å². The van der Waals surface area contributed by atoms with Crippen molar-refractivity contribution in [3.8, 4) is 0 Å². The number of methoxy groups -OCH3 is 1. The van der Waals surface area contributed by atoms with Crippen LogP contribution >= 0.6 is 0 Å². The van der Waals surface area contributed by atoms with E-state index in [4.69, 9.17) is 4.74 Å². The van der Waals surface area contributed by atoms with Gasteiger partial charge in [-0.05, 0) is 37.0 Å². The number of ether oxygens (including phenoxy) is 1. The molecule has 1 aromatic rings. The van der Waals surface area contributed by atoms with Crippen LogP contribution in [0.1, 0.15) is 24.8 Å². The Bertz CT molecular complexity index is 652. The highest BCUT2D eigenvalue weighted by Crippen LogP contribution is 2.40. The summed E-state index contributed by atoms with van der Waals surface area (Å²) in [6.45, 7) is 3.29. The smallest absolute Gasteiger partial charge is 0.317 e. The van der Waals surface area contributed by atoms with E-state index in [-0.39, 0.29) is 17.8 Å². The van der Waals surface area contributed by atoms with Crippen LogP contribution in [0.5, 0.6) is 0 Å². The minimum atomic E-state index is -0.445. The molecule has 6 nitrogen and oxygen atoms in total. The number of amides is 3. The van der Waals surface area contributed by atoms with Gasteiger partial charge in [-0.2, -0.15) is 0 Å². The Labute approximate surface area is 153 Å². The summed E-state index contributed by atoms with van der Waals surface area (Å²) in [6, 6.07) is 5.88. The van der Waals surface area contributed by atoms with Crippen molar-refractivity contribution in [2.75, 3.05) is 39.9 Å². The molecular formula is C19H26FN3O3. The van der Waals surface area contributed by atoms with Crippen LogP contribution in [0, 0.1) is 11.2 Å². The minimum absolute atomic E-state index is 0.148. The van der Waals surface area contributed by atoms with Crippen molar-refractivity contribution < 1.29 is 18.7 Å². The van der Waals surface area contributed by atoms with Crippen molar-refractivity contribution in [1.29, 1.82) is 0 Å². The maximum Gasteiger partial charge on any atom is 0.317 e. The Morgan fingerprint density at radius 2 is 2.04 bits per heavy atom. The molecule has 142 valence electrons. The van der Waals surface area contributed by atoms with Gasteiger partial charge in [0.05, 0.1) is 12.0 Å². The quantitative estimate of drug-likeness (QED) is 0.870. The van der Waals surface area contributed by atoms with E-state index in [2.05, 4.69) is 5.32 Å². The van der Waals surface area contributed by atoms with Gasteiger partial charge >= 0.3 is 6.03 Å². The molecule has 2 heterocycles. The Hall–Kier alpha value is -2.15. The third kappa shape index (κ3) is 3.98. The molecule has 26 heavy (non-hydrogen) atoms. The monoisotopic (exact) mass is 363 g/mol. The number of piperidine rings is 1.